The topological polar surface area (TPSA) is 513 Å². The number of amides is 6. The molecule has 0 bridgehead atoms. The van der Waals surface area contributed by atoms with Crippen molar-refractivity contribution >= 4 is 41.4 Å². The molecule has 3 saturated heterocycles. The number of hydrogen-bond acceptors (Lipinski definition) is 26. The minimum Gasteiger partial charge on any atom is -0.480 e. The molecule has 0 unspecified atom stereocenters. The maximum absolute atomic E-state index is 14.2. The number of carbonyl (C=O) groups is 7. The maximum atomic E-state index is 14.2. The van der Waals surface area contributed by atoms with E-state index < -0.39 is 173 Å². The number of rotatable bonds is 49. The SMILES string of the molecule is CCCCCCCCCCCCCCCC(=O)N[C@H](CNC(=O)CCCCC(=O)NCCCC[C@@H](C(=O)NCCO[C@H]1O[C@H](CO)[C@@H](O)[C@H](O)[C@@H]1O)N(CC(=O)NCCO[C@H]1O[C@H](CO)[C@@H](O)[C@H](O)[C@@H]1O)CC(=O)NCCO[C@H]1O[C@H](CO)[C@@H](O)[C@H](O)[C@@H]1O)C(=O)O. The van der Waals surface area contributed by atoms with Gasteiger partial charge >= 0.3 is 5.97 Å². The van der Waals surface area contributed by atoms with Crippen molar-refractivity contribution in [3.05, 3.63) is 0 Å². The van der Waals surface area contributed by atoms with Gasteiger partial charge in [0, 0.05) is 52.0 Å². The summed E-state index contributed by atoms with van der Waals surface area (Å²) in [5.41, 5.74) is 0. The lowest BCUT2D eigenvalue weighted by Crippen LogP contribution is -2.59. The number of aliphatic hydroxyl groups excluding tert-OH is 12. The van der Waals surface area contributed by atoms with Gasteiger partial charge in [0.25, 0.3) is 0 Å². The van der Waals surface area contributed by atoms with Crippen LogP contribution in [0.3, 0.4) is 0 Å². The van der Waals surface area contributed by atoms with Crippen molar-refractivity contribution in [3.8, 4) is 0 Å². The third kappa shape index (κ3) is 30.5. The molecule has 534 valence electrons. The summed E-state index contributed by atoms with van der Waals surface area (Å²) in [5.74, 6) is -4.82. The summed E-state index contributed by atoms with van der Waals surface area (Å²) in [7, 11) is 0. The molecule has 0 spiro atoms. The molecule has 3 rings (SSSR count). The van der Waals surface area contributed by atoms with E-state index in [0.29, 0.717) is 12.8 Å². The molecule has 3 aliphatic rings. The van der Waals surface area contributed by atoms with Crippen LogP contribution in [-0.2, 0) is 62.0 Å². The third-order valence-electron chi connectivity index (χ3n) is 16.0. The number of hydrogen-bond donors (Lipinski definition) is 19. The van der Waals surface area contributed by atoms with E-state index in [2.05, 4.69) is 38.8 Å². The molecule has 0 aromatic carbocycles. The molecule has 17 atom stereocenters. The molecule has 19 N–H and O–H groups in total. The number of nitrogens with zero attached hydrogens (tertiary/aromatic N) is 1. The highest BCUT2D eigenvalue weighted by molar-refractivity contribution is 5.86. The Morgan fingerprint density at radius 2 is 0.772 bits per heavy atom. The first-order chi connectivity index (χ1) is 44.1. The predicted molar refractivity (Wildman–Crippen MR) is 322 cm³/mol. The van der Waals surface area contributed by atoms with Crippen molar-refractivity contribution in [2.45, 2.75) is 246 Å². The summed E-state index contributed by atoms with van der Waals surface area (Å²) in [4.78, 5) is 92.5. The molecule has 0 aromatic rings. The molecule has 3 fully saturated rings. The zero-order valence-electron chi connectivity index (χ0n) is 52.9. The second kappa shape index (κ2) is 46.6. The van der Waals surface area contributed by atoms with E-state index >= 15 is 0 Å². The highest BCUT2D eigenvalue weighted by Gasteiger charge is 2.46. The third-order valence-corrected chi connectivity index (χ3v) is 16.0. The maximum Gasteiger partial charge on any atom is 0.328 e. The first kappa shape index (κ1) is 81.8. The molecule has 0 aliphatic carbocycles. The van der Waals surface area contributed by atoms with Crippen molar-refractivity contribution in [3.63, 3.8) is 0 Å². The van der Waals surface area contributed by atoms with E-state index in [1.54, 1.807) is 0 Å². The van der Waals surface area contributed by atoms with Crippen LogP contribution in [0, 0.1) is 0 Å². The van der Waals surface area contributed by atoms with E-state index in [1.807, 2.05) is 0 Å². The van der Waals surface area contributed by atoms with E-state index in [0.717, 1.165) is 25.7 Å². The van der Waals surface area contributed by atoms with Gasteiger partial charge in [0.1, 0.15) is 79.3 Å². The Morgan fingerprint density at radius 1 is 0.413 bits per heavy atom. The first-order valence-electron chi connectivity index (χ1n) is 32.5. The van der Waals surface area contributed by atoms with Gasteiger partial charge in [0.05, 0.1) is 58.8 Å². The fourth-order valence-electron chi connectivity index (χ4n) is 10.5. The molecule has 92 heavy (non-hydrogen) atoms. The molecule has 0 aromatic heterocycles. The summed E-state index contributed by atoms with van der Waals surface area (Å²) in [6, 6.07) is -2.62. The van der Waals surface area contributed by atoms with E-state index in [1.165, 1.54) is 56.3 Å². The Bertz CT molecular complexity index is 2050. The number of ether oxygens (including phenoxy) is 6. The Morgan fingerprint density at radius 3 is 1.17 bits per heavy atom. The molecule has 33 heteroatoms. The summed E-state index contributed by atoms with van der Waals surface area (Å²) < 4.78 is 32.5. The molecule has 33 nitrogen and oxygen atoms in total. The number of aliphatic carboxylic acids is 1. The van der Waals surface area contributed by atoms with Gasteiger partial charge in [0.2, 0.25) is 35.4 Å². The quantitative estimate of drug-likeness (QED) is 0.0253. The first-order valence-corrected chi connectivity index (χ1v) is 32.5. The summed E-state index contributed by atoms with van der Waals surface area (Å²) in [6.45, 7) is -3.36. The van der Waals surface area contributed by atoms with Crippen LogP contribution in [0.5, 0.6) is 0 Å². The number of carbonyl (C=O) groups excluding carboxylic acids is 6. The van der Waals surface area contributed by atoms with Crippen molar-refractivity contribution in [1.29, 1.82) is 0 Å². The second-order valence-corrected chi connectivity index (χ2v) is 23.4. The molecule has 3 heterocycles. The van der Waals surface area contributed by atoms with Crippen LogP contribution >= 0.6 is 0 Å². The highest BCUT2D eigenvalue weighted by Crippen LogP contribution is 2.25. The summed E-state index contributed by atoms with van der Waals surface area (Å²) in [6.07, 6.45) is -7.83. The van der Waals surface area contributed by atoms with Crippen LogP contribution in [0.4, 0.5) is 0 Å². The molecular weight excluding hydrogens is 1220 g/mol. The van der Waals surface area contributed by atoms with Gasteiger partial charge < -0.3 is 127 Å². The van der Waals surface area contributed by atoms with Crippen molar-refractivity contribution in [2.24, 2.45) is 0 Å². The summed E-state index contributed by atoms with van der Waals surface area (Å²) in [5, 5.41) is 146. The molecular formula is C59H107N7O26. The van der Waals surface area contributed by atoms with E-state index in [9.17, 15) is 99.9 Å². The van der Waals surface area contributed by atoms with Crippen molar-refractivity contribution in [1.82, 2.24) is 36.8 Å². The normalized spacial score (nSPS) is 27.2. The Labute approximate surface area is 536 Å². The fraction of sp³-hybridized carbons (Fsp3) is 0.881. The zero-order chi connectivity index (χ0) is 68.0. The number of nitrogens with one attached hydrogen (secondary N) is 6. The van der Waals surface area contributed by atoms with Crippen molar-refractivity contribution in [2.75, 3.05) is 85.5 Å². The van der Waals surface area contributed by atoms with Crippen LogP contribution in [0.2, 0.25) is 0 Å². The van der Waals surface area contributed by atoms with Crippen molar-refractivity contribution < 1.29 is 128 Å². The molecule has 6 amide bonds. The lowest BCUT2D eigenvalue weighted by molar-refractivity contribution is -0.300. The number of aliphatic hydroxyl groups is 12. The largest absolute Gasteiger partial charge is 0.480 e. The van der Waals surface area contributed by atoms with Gasteiger partial charge in [-0.3, -0.25) is 33.7 Å². The van der Waals surface area contributed by atoms with Gasteiger partial charge in [0.15, 0.2) is 18.9 Å². The second-order valence-electron chi connectivity index (χ2n) is 23.4. The standard InChI is InChI=1S/C59H107N7O26/c1-2-3-4-5-6-7-8-9-10-11-12-13-14-22-43(72)65-36(56(85)86)30-64-42(71)21-16-15-20-41(70)60-23-18-17-19-37(55(84)63-26-29-89-59-54(83)51(80)48(77)40(35-69)92-59)66(31-44(73)61-24-27-87-57-52(81)49(78)46(75)38(33-67)90-57)32-45(74)62-25-28-88-58-53(82)50(79)47(76)39(34-68)91-58/h36-40,46-54,57-59,67-69,75-83H,2-35H2,1H3,(H,60,70)(H,61,73)(H,62,74)(H,63,84)(H,64,71)(H,65,72)(H,85,86)/t36-,37+,38-,39-,40-,46-,47-,48-,49+,50+,51+,52+,53+,54+,57+,58+,59+/m1/s1. The Hall–Kier alpha value is -4.47. The van der Waals surface area contributed by atoms with Gasteiger partial charge in [-0.25, -0.2) is 4.79 Å². The number of unbranched alkanes of at least 4 members (excludes halogenated alkanes) is 14. The Balaban J connectivity index is 1.57. The highest BCUT2D eigenvalue weighted by atomic mass is 16.7. The number of carboxylic acid groups (broad SMARTS) is 1. The lowest BCUT2D eigenvalue weighted by Gasteiger charge is -2.39. The molecule has 3 aliphatic heterocycles. The van der Waals surface area contributed by atoms with Gasteiger partial charge in [-0.05, 0) is 38.5 Å². The average Bonchev–Trinajstić information content (AvgIpc) is 1.00. The molecule has 0 radical (unpaired) electrons. The minimum atomic E-state index is -1.75. The van der Waals surface area contributed by atoms with Gasteiger partial charge in [-0.15, -0.1) is 0 Å². The van der Waals surface area contributed by atoms with E-state index in [4.69, 9.17) is 28.4 Å². The van der Waals surface area contributed by atoms with Crippen LogP contribution in [0.15, 0.2) is 0 Å². The Kier molecular flexibility index (Phi) is 41.4. The monoisotopic (exact) mass is 1330 g/mol. The minimum absolute atomic E-state index is 0.0196. The van der Waals surface area contributed by atoms with Gasteiger partial charge in [-0.1, -0.05) is 84.0 Å². The summed E-state index contributed by atoms with van der Waals surface area (Å²) >= 11 is 0. The smallest absolute Gasteiger partial charge is 0.328 e. The zero-order valence-corrected chi connectivity index (χ0v) is 52.9. The van der Waals surface area contributed by atoms with Crippen LogP contribution in [0.25, 0.3) is 0 Å². The number of carboxylic acids is 1. The van der Waals surface area contributed by atoms with Crippen LogP contribution < -0.4 is 31.9 Å². The van der Waals surface area contributed by atoms with Crippen LogP contribution in [0.1, 0.15) is 142 Å². The van der Waals surface area contributed by atoms with Crippen LogP contribution in [-0.4, -0.2) is 302 Å². The fourth-order valence-corrected chi connectivity index (χ4v) is 10.5. The predicted octanol–water partition coefficient (Wildman–Crippen LogP) is -5.53. The van der Waals surface area contributed by atoms with E-state index in [-0.39, 0.29) is 103 Å². The average molecular weight is 1330 g/mol. The van der Waals surface area contributed by atoms with Gasteiger partial charge in [-0.2, -0.15) is 0 Å². The lowest BCUT2D eigenvalue weighted by atomic mass is 9.99. The molecule has 0 saturated carbocycles.